The van der Waals surface area contributed by atoms with Crippen LogP contribution in [0.2, 0.25) is 0 Å². The van der Waals surface area contributed by atoms with Crippen LogP contribution in [0.1, 0.15) is 42.9 Å². The third-order valence-corrected chi connectivity index (χ3v) is 8.24. The molecule has 1 aliphatic rings. The van der Waals surface area contributed by atoms with Gasteiger partial charge >= 0.3 is 0 Å². The van der Waals surface area contributed by atoms with Gasteiger partial charge in [0, 0.05) is 47.9 Å². The second kappa shape index (κ2) is 13.4. The van der Waals surface area contributed by atoms with Gasteiger partial charge in [-0.1, -0.05) is 83.5 Å². The van der Waals surface area contributed by atoms with E-state index in [0.717, 1.165) is 22.4 Å². The van der Waals surface area contributed by atoms with Gasteiger partial charge in [-0.3, -0.25) is 14.4 Å². The fourth-order valence-electron chi connectivity index (χ4n) is 3.30. The standard InChI is InChI=1S/C25H27N3O3S3/c1-18(34-33-15-14-24(30)27-32)16-26-23(29)12-13-25(31)28-17-21-8-3-2-6-19(21)10-11-20-7-4-5-9-22(20)28/h2-9,18,32H,12-17H2,1H3,(H,26,29)(H,27,30). The molecule has 0 fully saturated rings. The minimum Gasteiger partial charge on any atom is -0.355 e. The van der Waals surface area contributed by atoms with E-state index in [4.69, 9.17) is 0 Å². The Balaban J connectivity index is 1.52. The van der Waals surface area contributed by atoms with Crippen molar-refractivity contribution in [1.82, 2.24) is 10.0 Å². The summed E-state index contributed by atoms with van der Waals surface area (Å²) >= 11 is 3.72. The van der Waals surface area contributed by atoms with Crippen molar-refractivity contribution in [3.8, 4) is 11.8 Å². The Bertz CT molecular complexity index is 1100. The molecule has 3 rings (SSSR count). The molecule has 1 atom stereocenters. The molecule has 0 aliphatic carbocycles. The topological polar surface area (TPSA) is 78.5 Å². The number of carbonyl (C=O) groups is 3. The van der Waals surface area contributed by atoms with Gasteiger partial charge in [-0.05, 0) is 23.8 Å². The van der Waals surface area contributed by atoms with E-state index < -0.39 is 0 Å². The lowest BCUT2D eigenvalue weighted by molar-refractivity contribution is -0.125. The van der Waals surface area contributed by atoms with Crippen LogP contribution in [0.25, 0.3) is 0 Å². The predicted octanol–water partition coefficient (Wildman–Crippen LogP) is 3.95. The highest BCUT2D eigenvalue weighted by atomic mass is 33.1. The number of amides is 3. The number of hydrogen-bond donors (Lipinski definition) is 3. The smallest absolute Gasteiger partial charge is 0.230 e. The lowest BCUT2D eigenvalue weighted by Gasteiger charge is -2.26. The van der Waals surface area contributed by atoms with Crippen LogP contribution in [0.5, 0.6) is 0 Å². The summed E-state index contributed by atoms with van der Waals surface area (Å²) in [5.74, 6) is 6.69. The van der Waals surface area contributed by atoms with E-state index in [-0.39, 0.29) is 35.8 Å². The normalized spacial score (nSPS) is 12.7. The maximum Gasteiger partial charge on any atom is 0.230 e. The molecule has 1 heterocycles. The molecule has 2 aromatic rings. The van der Waals surface area contributed by atoms with Crippen molar-refractivity contribution < 1.29 is 14.4 Å². The van der Waals surface area contributed by atoms with Crippen molar-refractivity contribution in [2.24, 2.45) is 0 Å². The summed E-state index contributed by atoms with van der Waals surface area (Å²) in [6.07, 6.45) is 0.639. The van der Waals surface area contributed by atoms with Crippen molar-refractivity contribution in [2.45, 2.75) is 38.0 Å². The van der Waals surface area contributed by atoms with Crippen LogP contribution in [0.3, 0.4) is 0 Å². The molecule has 9 heteroatoms. The molecule has 0 spiro atoms. The zero-order chi connectivity index (χ0) is 24.3. The minimum absolute atomic E-state index is 0.110. The van der Waals surface area contributed by atoms with E-state index in [0.29, 0.717) is 25.3 Å². The summed E-state index contributed by atoms with van der Waals surface area (Å²) in [4.78, 5) is 38.5. The van der Waals surface area contributed by atoms with E-state index in [9.17, 15) is 14.4 Å². The largest absolute Gasteiger partial charge is 0.355 e. The summed E-state index contributed by atoms with van der Waals surface area (Å²) in [5.41, 5.74) is 3.45. The zero-order valence-corrected chi connectivity index (χ0v) is 21.4. The maximum absolute atomic E-state index is 13.2. The lowest BCUT2D eigenvalue weighted by atomic mass is 10.0. The molecular weight excluding hydrogens is 486 g/mol. The van der Waals surface area contributed by atoms with Gasteiger partial charge in [-0.25, -0.2) is 0 Å². The fourth-order valence-corrected chi connectivity index (χ4v) is 5.60. The molecule has 0 saturated carbocycles. The summed E-state index contributed by atoms with van der Waals surface area (Å²) in [5, 5.41) is 3.08. The molecule has 3 amide bonds. The molecule has 0 saturated heterocycles. The fraction of sp³-hybridized carbons (Fsp3) is 0.320. The number of para-hydroxylation sites is 1. The van der Waals surface area contributed by atoms with Gasteiger partial charge in [-0.2, -0.15) is 0 Å². The average molecular weight is 514 g/mol. The SMILES string of the molecule is CC(CNC(=O)CCC(=O)N1Cc2ccccc2C#Cc2ccccc21)SSCCC(=O)NS. The van der Waals surface area contributed by atoms with E-state index in [1.54, 1.807) is 26.5 Å². The van der Waals surface area contributed by atoms with Crippen LogP contribution in [-0.2, 0) is 20.9 Å². The first-order valence-corrected chi connectivity index (χ1v) is 13.8. The van der Waals surface area contributed by atoms with Gasteiger partial charge in [0.15, 0.2) is 0 Å². The second-order valence-electron chi connectivity index (χ2n) is 7.72. The summed E-state index contributed by atoms with van der Waals surface area (Å²) < 4.78 is 2.30. The Morgan fingerprint density at radius 3 is 2.50 bits per heavy atom. The molecule has 34 heavy (non-hydrogen) atoms. The number of carbonyl (C=O) groups excluding carboxylic acids is 3. The van der Waals surface area contributed by atoms with Gasteiger partial charge in [0.05, 0.1) is 12.2 Å². The van der Waals surface area contributed by atoms with Crippen molar-refractivity contribution >= 4 is 57.8 Å². The molecular formula is C25H27N3O3S3. The van der Waals surface area contributed by atoms with E-state index in [1.807, 2.05) is 55.5 Å². The number of nitrogens with zero attached hydrogens (tertiary/aromatic N) is 1. The lowest BCUT2D eigenvalue weighted by Crippen LogP contribution is -2.34. The average Bonchev–Trinajstić information content (AvgIpc) is 2.85. The van der Waals surface area contributed by atoms with Crippen LogP contribution < -0.4 is 14.9 Å². The van der Waals surface area contributed by atoms with Gasteiger partial charge in [0.1, 0.15) is 0 Å². The van der Waals surface area contributed by atoms with Crippen molar-refractivity contribution in [2.75, 3.05) is 17.2 Å². The van der Waals surface area contributed by atoms with Crippen LogP contribution >= 0.6 is 34.4 Å². The predicted molar refractivity (Wildman–Crippen MR) is 144 cm³/mol. The Morgan fingerprint density at radius 2 is 1.71 bits per heavy atom. The molecule has 6 nitrogen and oxygen atoms in total. The van der Waals surface area contributed by atoms with Crippen LogP contribution in [0, 0.1) is 11.8 Å². The Kier molecular flexibility index (Phi) is 10.3. The molecule has 0 aromatic heterocycles. The Hall–Kier alpha value is -2.54. The first kappa shape index (κ1) is 26.1. The van der Waals surface area contributed by atoms with E-state index in [2.05, 4.69) is 34.7 Å². The summed E-state index contributed by atoms with van der Waals surface area (Å²) in [6, 6.07) is 15.4. The van der Waals surface area contributed by atoms with Crippen LogP contribution in [-0.4, -0.2) is 35.3 Å². The highest BCUT2D eigenvalue weighted by Gasteiger charge is 2.21. The number of thiol groups is 1. The molecule has 1 aliphatic heterocycles. The summed E-state index contributed by atoms with van der Waals surface area (Å²) in [6.45, 7) is 2.93. The number of rotatable bonds is 10. The highest BCUT2D eigenvalue weighted by Crippen LogP contribution is 2.27. The second-order valence-corrected chi connectivity index (χ2v) is 10.9. The van der Waals surface area contributed by atoms with Gasteiger partial charge in [0.25, 0.3) is 0 Å². The van der Waals surface area contributed by atoms with E-state index >= 15 is 0 Å². The van der Waals surface area contributed by atoms with Gasteiger partial charge in [-0.15, -0.1) is 0 Å². The van der Waals surface area contributed by atoms with E-state index in [1.165, 1.54) is 0 Å². The number of benzene rings is 2. The molecule has 1 unspecified atom stereocenters. The number of fused-ring (bicyclic) bond motifs is 2. The Labute approximate surface area is 214 Å². The van der Waals surface area contributed by atoms with Gasteiger partial charge < -0.3 is 14.9 Å². The third kappa shape index (κ3) is 7.76. The molecule has 0 bridgehead atoms. The molecule has 0 radical (unpaired) electrons. The molecule has 178 valence electrons. The summed E-state index contributed by atoms with van der Waals surface area (Å²) in [7, 11) is 3.20. The number of nitrogens with one attached hydrogen (secondary N) is 2. The minimum atomic E-state index is -0.152. The first-order chi connectivity index (χ1) is 16.5. The zero-order valence-electron chi connectivity index (χ0n) is 18.9. The number of hydrogen-bond acceptors (Lipinski definition) is 6. The molecule has 2 N–H and O–H groups in total. The van der Waals surface area contributed by atoms with Gasteiger partial charge in [0.2, 0.25) is 17.7 Å². The number of anilines is 1. The van der Waals surface area contributed by atoms with Crippen molar-refractivity contribution in [1.29, 1.82) is 0 Å². The third-order valence-electron chi connectivity index (χ3n) is 5.10. The Morgan fingerprint density at radius 1 is 1.00 bits per heavy atom. The van der Waals surface area contributed by atoms with Crippen LogP contribution in [0.15, 0.2) is 48.5 Å². The highest BCUT2D eigenvalue weighted by molar-refractivity contribution is 8.76. The quantitative estimate of drug-likeness (QED) is 0.194. The first-order valence-electron chi connectivity index (χ1n) is 10.9. The maximum atomic E-state index is 13.2. The monoisotopic (exact) mass is 513 g/mol. The molecule has 2 aromatic carbocycles. The van der Waals surface area contributed by atoms with Crippen molar-refractivity contribution in [3.63, 3.8) is 0 Å². The van der Waals surface area contributed by atoms with Crippen LogP contribution in [0.4, 0.5) is 5.69 Å². The van der Waals surface area contributed by atoms with Crippen molar-refractivity contribution in [3.05, 3.63) is 65.2 Å².